The van der Waals surface area contributed by atoms with Gasteiger partial charge >= 0.3 is 0 Å². The van der Waals surface area contributed by atoms with Gasteiger partial charge in [0, 0.05) is 19.0 Å². The van der Waals surface area contributed by atoms with Gasteiger partial charge < -0.3 is 10.3 Å². The van der Waals surface area contributed by atoms with E-state index in [1.807, 2.05) is 18.7 Å². The van der Waals surface area contributed by atoms with Crippen molar-refractivity contribution in [2.24, 2.45) is 11.8 Å². The minimum atomic E-state index is -0.0501. The fourth-order valence-corrected chi connectivity index (χ4v) is 2.75. The molecule has 1 aliphatic heterocycles. The number of nitrogen functional groups attached to an aromatic ring is 1. The monoisotopic (exact) mass is 291 g/mol. The number of carbonyl (C=O) groups is 1. The highest BCUT2D eigenvalue weighted by Crippen LogP contribution is 2.24. The summed E-state index contributed by atoms with van der Waals surface area (Å²) in [5.41, 5.74) is 3.40. The molecule has 0 saturated carbocycles. The third kappa shape index (κ3) is 3.50. The lowest BCUT2D eigenvalue weighted by Gasteiger charge is -2.18. The smallest absolute Gasteiger partial charge is 0.274 e. The maximum atomic E-state index is 12.7. The van der Waals surface area contributed by atoms with Crippen molar-refractivity contribution >= 4 is 11.6 Å². The Hall–Kier alpha value is -1.69. The molecule has 1 atom stereocenters. The van der Waals surface area contributed by atoms with Gasteiger partial charge in [0.15, 0.2) is 5.69 Å². The second-order valence-electron chi connectivity index (χ2n) is 5.98. The Morgan fingerprint density at radius 2 is 2.33 bits per heavy atom. The van der Waals surface area contributed by atoms with E-state index in [2.05, 4.69) is 22.3 Å². The molecule has 6 heteroatoms. The van der Waals surface area contributed by atoms with Crippen LogP contribution >= 0.6 is 0 Å². The first-order valence-corrected chi connectivity index (χ1v) is 7.69. The van der Waals surface area contributed by atoms with E-state index in [4.69, 9.17) is 5.84 Å². The molecule has 3 N–H and O–H groups in total. The first kappa shape index (κ1) is 15.7. The molecule has 0 aromatic carbocycles. The molecule has 1 saturated heterocycles. The number of nitrogens with zero attached hydrogens (tertiary/aromatic N) is 3. The maximum Gasteiger partial charge on any atom is 0.274 e. The molecule has 21 heavy (non-hydrogen) atoms. The summed E-state index contributed by atoms with van der Waals surface area (Å²) in [6.45, 7) is 7.81. The molecule has 0 spiro atoms. The Bertz CT molecular complexity index is 503. The summed E-state index contributed by atoms with van der Waals surface area (Å²) in [5, 5.41) is 0. The quantitative estimate of drug-likeness (QED) is 0.641. The number of nitrogens with two attached hydrogens (primary N) is 1. The van der Waals surface area contributed by atoms with Crippen LogP contribution in [-0.4, -0.2) is 33.9 Å². The number of amides is 1. The van der Waals surface area contributed by atoms with Gasteiger partial charge in [0.25, 0.3) is 5.91 Å². The van der Waals surface area contributed by atoms with Gasteiger partial charge in [-0.05, 0) is 18.8 Å². The molecule has 0 bridgehead atoms. The number of hydrogen-bond acceptors (Lipinski definition) is 5. The molecule has 6 nitrogen and oxygen atoms in total. The Morgan fingerprint density at radius 3 is 2.95 bits per heavy atom. The largest absolute Gasteiger partial charge is 0.337 e. The lowest BCUT2D eigenvalue weighted by molar-refractivity contribution is 0.0781. The SMILES string of the molecule is CCCC1CCN(C(=O)c2nc(C(C)C)ncc2NN)C1. The fraction of sp³-hybridized carbons (Fsp3) is 0.667. The minimum Gasteiger partial charge on any atom is -0.337 e. The zero-order valence-electron chi connectivity index (χ0n) is 13.1. The van der Waals surface area contributed by atoms with E-state index in [9.17, 15) is 4.79 Å². The van der Waals surface area contributed by atoms with E-state index in [0.29, 0.717) is 23.1 Å². The van der Waals surface area contributed by atoms with Crippen molar-refractivity contribution in [3.63, 3.8) is 0 Å². The van der Waals surface area contributed by atoms with Crippen LogP contribution in [0.5, 0.6) is 0 Å². The summed E-state index contributed by atoms with van der Waals surface area (Å²) in [6, 6.07) is 0. The first-order valence-electron chi connectivity index (χ1n) is 7.69. The Balaban J connectivity index is 2.20. The lowest BCUT2D eigenvalue weighted by atomic mass is 10.0. The predicted molar refractivity (Wildman–Crippen MR) is 82.8 cm³/mol. The van der Waals surface area contributed by atoms with E-state index in [1.165, 1.54) is 6.42 Å². The molecule has 2 heterocycles. The average Bonchev–Trinajstić information content (AvgIpc) is 2.94. The van der Waals surface area contributed by atoms with Gasteiger partial charge in [0.2, 0.25) is 0 Å². The highest BCUT2D eigenvalue weighted by molar-refractivity contribution is 5.97. The number of hydrogen-bond donors (Lipinski definition) is 2. The maximum absolute atomic E-state index is 12.7. The number of nitrogens with one attached hydrogen (secondary N) is 1. The van der Waals surface area contributed by atoms with Gasteiger partial charge in [-0.15, -0.1) is 0 Å². The fourth-order valence-electron chi connectivity index (χ4n) is 2.75. The van der Waals surface area contributed by atoms with Crippen molar-refractivity contribution in [1.29, 1.82) is 0 Å². The van der Waals surface area contributed by atoms with Gasteiger partial charge in [-0.1, -0.05) is 27.2 Å². The van der Waals surface area contributed by atoms with Crippen LogP contribution in [0.15, 0.2) is 6.20 Å². The van der Waals surface area contributed by atoms with Crippen LogP contribution in [0.3, 0.4) is 0 Å². The summed E-state index contributed by atoms with van der Waals surface area (Å²) in [4.78, 5) is 23.2. The number of anilines is 1. The lowest BCUT2D eigenvalue weighted by Crippen LogP contribution is -2.31. The summed E-state index contributed by atoms with van der Waals surface area (Å²) in [6.07, 6.45) is 5.00. The highest BCUT2D eigenvalue weighted by atomic mass is 16.2. The molecule has 1 fully saturated rings. The van der Waals surface area contributed by atoms with Crippen molar-refractivity contribution in [3.8, 4) is 0 Å². The van der Waals surface area contributed by atoms with Gasteiger partial charge in [-0.25, -0.2) is 9.97 Å². The van der Waals surface area contributed by atoms with Gasteiger partial charge in [0.1, 0.15) is 5.82 Å². The Kier molecular flexibility index (Phi) is 5.12. The average molecular weight is 291 g/mol. The molecule has 0 aliphatic carbocycles. The Labute approximate surface area is 126 Å². The number of rotatable bonds is 5. The van der Waals surface area contributed by atoms with Crippen LogP contribution < -0.4 is 11.3 Å². The van der Waals surface area contributed by atoms with E-state index in [-0.39, 0.29) is 11.8 Å². The molecular weight excluding hydrogens is 266 g/mol. The highest BCUT2D eigenvalue weighted by Gasteiger charge is 2.29. The molecule has 1 aromatic rings. The molecule has 1 aliphatic rings. The van der Waals surface area contributed by atoms with Crippen LogP contribution in [0, 0.1) is 5.92 Å². The summed E-state index contributed by atoms with van der Waals surface area (Å²) in [7, 11) is 0. The number of carbonyl (C=O) groups excluding carboxylic acids is 1. The topological polar surface area (TPSA) is 84.1 Å². The van der Waals surface area contributed by atoms with E-state index in [0.717, 1.165) is 25.9 Å². The van der Waals surface area contributed by atoms with Crippen molar-refractivity contribution in [2.45, 2.75) is 46.0 Å². The summed E-state index contributed by atoms with van der Waals surface area (Å²) < 4.78 is 0. The number of hydrazine groups is 1. The van der Waals surface area contributed by atoms with Gasteiger partial charge in [-0.2, -0.15) is 0 Å². The number of likely N-dealkylation sites (tertiary alicyclic amines) is 1. The Morgan fingerprint density at radius 1 is 1.57 bits per heavy atom. The zero-order valence-corrected chi connectivity index (χ0v) is 13.1. The van der Waals surface area contributed by atoms with Crippen molar-refractivity contribution < 1.29 is 4.79 Å². The van der Waals surface area contributed by atoms with Crippen LogP contribution in [0.4, 0.5) is 5.69 Å². The molecule has 1 unspecified atom stereocenters. The van der Waals surface area contributed by atoms with E-state index in [1.54, 1.807) is 6.20 Å². The predicted octanol–water partition coefficient (Wildman–Crippen LogP) is 2.15. The summed E-state index contributed by atoms with van der Waals surface area (Å²) >= 11 is 0. The molecule has 116 valence electrons. The molecule has 1 aromatic heterocycles. The van der Waals surface area contributed by atoms with Crippen LogP contribution in [0.25, 0.3) is 0 Å². The summed E-state index contributed by atoms with van der Waals surface area (Å²) in [5.74, 6) is 6.89. The van der Waals surface area contributed by atoms with Crippen molar-refractivity contribution in [3.05, 3.63) is 17.7 Å². The second kappa shape index (κ2) is 6.85. The van der Waals surface area contributed by atoms with Crippen LogP contribution in [-0.2, 0) is 0 Å². The zero-order chi connectivity index (χ0) is 15.4. The molecular formula is C15H25N5O. The third-order valence-corrected chi connectivity index (χ3v) is 3.95. The number of aromatic nitrogens is 2. The normalized spacial score (nSPS) is 18.3. The van der Waals surface area contributed by atoms with Crippen LogP contribution in [0.2, 0.25) is 0 Å². The molecule has 0 radical (unpaired) electrons. The molecule has 2 rings (SSSR count). The molecule has 1 amide bonds. The second-order valence-corrected chi connectivity index (χ2v) is 5.98. The van der Waals surface area contributed by atoms with Gasteiger partial charge in [-0.3, -0.25) is 10.6 Å². The van der Waals surface area contributed by atoms with E-state index >= 15 is 0 Å². The van der Waals surface area contributed by atoms with Crippen molar-refractivity contribution in [1.82, 2.24) is 14.9 Å². The first-order chi connectivity index (χ1) is 10.1. The minimum absolute atomic E-state index is 0.0501. The van der Waals surface area contributed by atoms with E-state index < -0.39 is 0 Å². The van der Waals surface area contributed by atoms with Crippen LogP contribution in [0.1, 0.15) is 62.3 Å². The van der Waals surface area contributed by atoms with Crippen molar-refractivity contribution in [2.75, 3.05) is 18.5 Å². The third-order valence-electron chi connectivity index (χ3n) is 3.95. The van der Waals surface area contributed by atoms with Gasteiger partial charge in [0.05, 0.1) is 11.9 Å². The standard InChI is InChI=1S/C15H25N5O/c1-4-5-11-6-7-20(9-11)15(21)13-12(19-16)8-17-14(18-13)10(2)3/h8,10-11,19H,4-7,9,16H2,1-3H3.